The van der Waals surface area contributed by atoms with Crippen LogP contribution in [0.4, 0.5) is 5.95 Å². The molecule has 160 valence electrons. The van der Waals surface area contributed by atoms with Gasteiger partial charge in [0.05, 0.1) is 0 Å². The Hall–Kier alpha value is -1.71. The molecule has 0 aromatic carbocycles. The second-order valence-electron chi connectivity index (χ2n) is 9.54. The van der Waals surface area contributed by atoms with Crippen molar-refractivity contribution in [3.05, 3.63) is 37.0 Å². The fourth-order valence-electron chi connectivity index (χ4n) is 5.02. The zero-order valence-corrected chi connectivity index (χ0v) is 18.9. The highest BCUT2D eigenvalue weighted by Gasteiger charge is 2.24. The van der Waals surface area contributed by atoms with Crippen molar-refractivity contribution in [1.82, 2.24) is 15.0 Å². The van der Waals surface area contributed by atoms with Crippen LogP contribution >= 0.6 is 0 Å². The molecule has 4 heteroatoms. The molecule has 0 bridgehead atoms. The number of hydrogen-bond acceptors (Lipinski definition) is 4. The Morgan fingerprint density at radius 2 is 1.28 bits per heavy atom. The summed E-state index contributed by atoms with van der Waals surface area (Å²) in [6, 6.07) is 0. The van der Waals surface area contributed by atoms with Crippen LogP contribution in [0.1, 0.15) is 66.2 Å². The van der Waals surface area contributed by atoms with Gasteiger partial charge in [-0.25, -0.2) is 15.0 Å². The van der Waals surface area contributed by atoms with Crippen LogP contribution in [0.3, 0.4) is 0 Å². The van der Waals surface area contributed by atoms with Gasteiger partial charge in [0.25, 0.3) is 0 Å². The smallest absolute Gasteiger partial charge is 0.228 e. The van der Waals surface area contributed by atoms with E-state index in [1.807, 2.05) is 0 Å². The standard InChI is InChI=1S/C25H40N4/c1-19-9-5-11-23(21(19)3)13-7-15-29(25-27-17-26-18-28-25)16-8-14-24-12-6-10-20(2)22(24)4/h5-6,11-12,17-24H,7-10,13-16H2,1-4H3. The zero-order valence-electron chi connectivity index (χ0n) is 18.9. The van der Waals surface area contributed by atoms with Gasteiger partial charge in [0.15, 0.2) is 0 Å². The van der Waals surface area contributed by atoms with Crippen molar-refractivity contribution < 1.29 is 0 Å². The summed E-state index contributed by atoms with van der Waals surface area (Å²) in [5, 5.41) is 0. The summed E-state index contributed by atoms with van der Waals surface area (Å²) >= 11 is 0. The van der Waals surface area contributed by atoms with E-state index >= 15 is 0 Å². The minimum atomic E-state index is 0.716. The Morgan fingerprint density at radius 3 is 1.76 bits per heavy atom. The molecule has 0 N–H and O–H groups in total. The molecule has 4 nitrogen and oxygen atoms in total. The molecule has 0 amide bonds. The first-order chi connectivity index (χ1) is 14.1. The van der Waals surface area contributed by atoms with Crippen molar-refractivity contribution in [1.29, 1.82) is 0 Å². The van der Waals surface area contributed by atoms with Gasteiger partial charge in [0, 0.05) is 13.1 Å². The van der Waals surface area contributed by atoms with Gasteiger partial charge >= 0.3 is 0 Å². The Bertz CT molecular complexity index is 618. The van der Waals surface area contributed by atoms with E-state index in [4.69, 9.17) is 0 Å². The monoisotopic (exact) mass is 396 g/mol. The molecule has 0 radical (unpaired) electrons. The van der Waals surface area contributed by atoms with Gasteiger partial charge in [0.2, 0.25) is 5.95 Å². The van der Waals surface area contributed by atoms with Gasteiger partial charge in [-0.2, -0.15) is 0 Å². The van der Waals surface area contributed by atoms with Crippen LogP contribution in [-0.4, -0.2) is 28.0 Å². The molecular formula is C25H40N4. The lowest BCUT2D eigenvalue weighted by Crippen LogP contribution is -2.30. The van der Waals surface area contributed by atoms with Gasteiger partial charge in [0.1, 0.15) is 12.7 Å². The molecule has 6 unspecified atom stereocenters. The first kappa shape index (κ1) is 22.0. The second-order valence-corrected chi connectivity index (χ2v) is 9.54. The summed E-state index contributed by atoms with van der Waals surface area (Å²) in [5.41, 5.74) is 0. The predicted molar refractivity (Wildman–Crippen MR) is 122 cm³/mol. The van der Waals surface area contributed by atoms with Crippen molar-refractivity contribution in [2.24, 2.45) is 35.5 Å². The van der Waals surface area contributed by atoms with Crippen LogP contribution < -0.4 is 4.90 Å². The van der Waals surface area contributed by atoms with Gasteiger partial charge in [-0.15, -0.1) is 0 Å². The summed E-state index contributed by atoms with van der Waals surface area (Å²) in [6.07, 6.45) is 20.3. The lowest BCUT2D eigenvalue weighted by Gasteiger charge is -2.32. The number of allylic oxidation sites excluding steroid dienone is 4. The normalized spacial score (nSPS) is 31.7. The Morgan fingerprint density at radius 1 is 0.793 bits per heavy atom. The molecule has 0 saturated carbocycles. The number of anilines is 1. The molecule has 0 spiro atoms. The maximum Gasteiger partial charge on any atom is 0.228 e. The van der Waals surface area contributed by atoms with Crippen LogP contribution in [0.2, 0.25) is 0 Å². The van der Waals surface area contributed by atoms with Crippen LogP contribution in [0.5, 0.6) is 0 Å². The minimum absolute atomic E-state index is 0.716. The van der Waals surface area contributed by atoms with Gasteiger partial charge in [-0.1, -0.05) is 52.0 Å². The van der Waals surface area contributed by atoms with Crippen molar-refractivity contribution in [3.63, 3.8) is 0 Å². The van der Waals surface area contributed by atoms with Crippen LogP contribution in [0, 0.1) is 35.5 Å². The number of nitrogens with zero attached hydrogens (tertiary/aromatic N) is 4. The fourth-order valence-corrected chi connectivity index (χ4v) is 5.02. The van der Waals surface area contributed by atoms with Crippen LogP contribution in [0.15, 0.2) is 37.0 Å². The lowest BCUT2D eigenvalue weighted by molar-refractivity contribution is 0.271. The Labute approximate surface area is 177 Å². The average Bonchev–Trinajstić information content (AvgIpc) is 2.73. The van der Waals surface area contributed by atoms with Crippen LogP contribution in [0.25, 0.3) is 0 Å². The third kappa shape index (κ3) is 6.13. The fraction of sp³-hybridized carbons (Fsp3) is 0.720. The summed E-state index contributed by atoms with van der Waals surface area (Å²) in [4.78, 5) is 15.3. The summed E-state index contributed by atoms with van der Waals surface area (Å²) in [6.45, 7) is 11.7. The highest BCUT2D eigenvalue weighted by molar-refractivity contribution is 5.26. The average molecular weight is 397 g/mol. The third-order valence-corrected chi connectivity index (χ3v) is 7.62. The maximum absolute atomic E-state index is 4.44. The van der Waals surface area contributed by atoms with Crippen molar-refractivity contribution >= 4 is 5.95 Å². The number of aromatic nitrogens is 3. The molecule has 2 aliphatic rings. The Kier molecular flexibility index (Phi) is 8.26. The highest BCUT2D eigenvalue weighted by atomic mass is 15.3. The largest absolute Gasteiger partial charge is 0.341 e. The molecule has 1 aromatic heterocycles. The van der Waals surface area contributed by atoms with E-state index < -0.39 is 0 Å². The number of hydrogen-bond donors (Lipinski definition) is 0. The molecule has 0 fully saturated rings. The highest BCUT2D eigenvalue weighted by Crippen LogP contribution is 2.33. The number of rotatable bonds is 9. The molecule has 6 atom stereocenters. The third-order valence-electron chi connectivity index (χ3n) is 7.62. The predicted octanol–water partition coefficient (Wildman–Crippen LogP) is 5.94. The molecule has 3 rings (SSSR count). The van der Waals surface area contributed by atoms with E-state index in [0.717, 1.165) is 42.7 Å². The van der Waals surface area contributed by atoms with Crippen LogP contribution in [-0.2, 0) is 0 Å². The van der Waals surface area contributed by atoms with E-state index in [2.05, 4.69) is 71.9 Å². The first-order valence-electron chi connectivity index (χ1n) is 11.8. The molecule has 29 heavy (non-hydrogen) atoms. The van der Waals surface area contributed by atoms with E-state index in [0.29, 0.717) is 11.8 Å². The summed E-state index contributed by atoms with van der Waals surface area (Å²) in [7, 11) is 0. The van der Waals surface area contributed by atoms with Gasteiger partial charge in [-0.3, -0.25) is 0 Å². The maximum atomic E-state index is 4.44. The first-order valence-corrected chi connectivity index (χ1v) is 11.8. The van der Waals surface area contributed by atoms with E-state index in [9.17, 15) is 0 Å². The van der Waals surface area contributed by atoms with Gasteiger partial charge in [-0.05, 0) is 74.0 Å². The topological polar surface area (TPSA) is 41.9 Å². The van der Waals surface area contributed by atoms with E-state index in [1.165, 1.54) is 38.5 Å². The molecule has 2 aliphatic carbocycles. The summed E-state index contributed by atoms with van der Waals surface area (Å²) in [5.74, 6) is 5.44. The van der Waals surface area contributed by atoms with Crippen molar-refractivity contribution in [3.8, 4) is 0 Å². The Balaban J connectivity index is 1.52. The van der Waals surface area contributed by atoms with Crippen molar-refractivity contribution in [2.45, 2.75) is 66.2 Å². The van der Waals surface area contributed by atoms with Gasteiger partial charge < -0.3 is 4.90 Å². The molecular weight excluding hydrogens is 356 g/mol. The zero-order chi connectivity index (χ0) is 20.6. The van der Waals surface area contributed by atoms with Crippen molar-refractivity contribution in [2.75, 3.05) is 18.0 Å². The quantitative estimate of drug-likeness (QED) is 0.485. The molecule has 1 aromatic rings. The van der Waals surface area contributed by atoms with E-state index in [1.54, 1.807) is 12.7 Å². The van der Waals surface area contributed by atoms with E-state index in [-0.39, 0.29) is 0 Å². The minimum Gasteiger partial charge on any atom is -0.341 e. The molecule has 1 heterocycles. The second kappa shape index (κ2) is 10.9. The molecule has 0 saturated heterocycles. The lowest BCUT2D eigenvalue weighted by atomic mass is 9.76. The summed E-state index contributed by atoms with van der Waals surface area (Å²) < 4.78 is 0. The molecule has 0 aliphatic heterocycles. The SMILES string of the molecule is CC1CC=CC(CCCN(CCCC2C=CCC(C)C2C)c2ncncn2)C1C.